The molecule has 0 saturated carbocycles. The second-order valence-electron chi connectivity index (χ2n) is 7.59. The van der Waals surface area contributed by atoms with E-state index in [1.165, 1.54) is 5.56 Å². The Labute approximate surface area is 160 Å². The van der Waals surface area contributed by atoms with Gasteiger partial charge in [-0.05, 0) is 49.1 Å². The molecule has 0 bridgehead atoms. The Kier molecular flexibility index (Phi) is 5.14. The Morgan fingerprint density at radius 3 is 2.59 bits per heavy atom. The van der Waals surface area contributed by atoms with Gasteiger partial charge in [0.25, 0.3) is 0 Å². The molecule has 2 atom stereocenters. The van der Waals surface area contributed by atoms with Gasteiger partial charge < -0.3 is 15.2 Å². The van der Waals surface area contributed by atoms with E-state index < -0.39 is 11.5 Å². The van der Waals surface area contributed by atoms with Crippen molar-refractivity contribution in [1.82, 2.24) is 10.2 Å². The summed E-state index contributed by atoms with van der Waals surface area (Å²) < 4.78 is 5.84. The predicted molar refractivity (Wildman–Crippen MR) is 104 cm³/mol. The first-order chi connectivity index (χ1) is 13.2. The molecule has 27 heavy (non-hydrogen) atoms. The van der Waals surface area contributed by atoms with Crippen molar-refractivity contribution in [2.75, 3.05) is 19.6 Å². The van der Waals surface area contributed by atoms with Gasteiger partial charge in [-0.3, -0.25) is 9.69 Å². The fourth-order valence-electron chi connectivity index (χ4n) is 4.21. The first-order valence-corrected chi connectivity index (χ1v) is 9.66. The first-order valence-electron chi connectivity index (χ1n) is 9.66. The number of carbonyl (C=O) groups excluding carboxylic acids is 1. The van der Waals surface area contributed by atoms with E-state index in [-0.39, 0.29) is 5.91 Å². The number of aliphatic hydroxyl groups excluding tert-OH is 1. The van der Waals surface area contributed by atoms with Gasteiger partial charge >= 0.3 is 0 Å². The maximum atomic E-state index is 12.5. The molecule has 4 rings (SSSR count). The van der Waals surface area contributed by atoms with Gasteiger partial charge in [-0.25, -0.2) is 0 Å². The van der Waals surface area contributed by atoms with Crippen LogP contribution in [0.15, 0.2) is 54.6 Å². The van der Waals surface area contributed by atoms with Crippen LogP contribution in [-0.2, 0) is 11.3 Å². The van der Waals surface area contributed by atoms with Crippen molar-refractivity contribution in [1.29, 1.82) is 0 Å². The molecule has 2 fully saturated rings. The van der Waals surface area contributed by atoms with Gasteiger partial charge in [-0.1, -0.05) is 30.3 Å². The first kappa shape index (κ1) is 18.0. The maximum Gasteiger partial charge on any atom is 0.230 e. The van der Waals surface area contributed by atoms with Crippen LogP contribution in [0.2, 0.25) is 0 Å². The minimum absolute atomic E-state index is 0.0116. The zero-order valence-corrected chi connectivity index (χ0v) is 15.4. The number of aliphatic hydroxyl groups is 1. The molecule has 1 amide bonds. The number of nitrogens with zero attached hydrogens (tertiary/aromatic N) is 1. The second kappa shape index (κ2) is 7.71. The molecular weight excluding hydrogens is 340 g/mol. The quantitative estimate of drug-likeness (QED) is 0.873. The summed E-state index contributed by atoms with van der Waals surface area (Å²) >= 11 is 0. The number of benzene rings is 2. The molecule has 5 heteroatoms. The van der Waals surface area contributed by atoms with Gasteiger partial charge in [0.2, 0.25) is 5.91 Å². The van der Waals surface area contributed by atoms with Gasteiger partial charge in [-0.15, -0.1) is 0 Å². The predicted octanol–water partition coefficient (Wildman–Crippen LogP) is 2.94. The standard InChI is InChI=1S/C22H26N2O3/c25-20-11-14-24(16-22(20)12-4-13-23-21(22)26)15-17-7-9-19(10-8-17)27-18-5-2-1-3-6-18/h1-3,5-10,20,25H,4,11-16H2,(H,23,26)/t20-,22+/m0/s1. The van der Waals surface area contributed by atoms with Crippen molar-refractivity contribution in [2.24, 2.45) is 5.41 Å². The number of ether oxygens (including phenoxy) is 1. The smallest absolute Gasteiger partial charge is 0.230 e. The highest BCUT2D eigenvalue weighted by Gasteiger charge is 2.49. The molecule has 2 aliphatic rings. The normalized spacial score (nSPS) is 26.0. The lowest BCUT2D eigenvalue weighted by Gasteiger charge is -2.47. The minimum Gasteiger partial charge on any atom is -0.457 e. The monoisotopic (exact) mass is 366 g/mol. The van der Waals surface area contributed by atoms with Gasteiger partial charge in [-0.2, -0.15) is 0 Å². The Balaban J connectivity index is 1.41. The molecule has 0 aromatic heterocycles. The van der Waals surface area contributed by atoms with E-state index in [4.69, 9.17) is 4.74 Å². The number of para-hydroxylation sites is 1. The number of amides is 1. The number of rotatable bonds is 4. The fraction of sp³-hybridized carbons (Fsp3) is 0.409. The fourth-order valence-corrected chi connectivity index (χ4v) is 4.21. The summed E-state index contributed by atoms with van der Waals surface area (Å²) in [6.07, 6.45) is 1.79. The largest absolute Gasteiger partial charge is 0.457 e. The molecule has 2 aromatic carbocycles. The van der Waals surface area contributed by atoms with Crippen LogP contribution in [0.1, 0.15) is 24.8 Å². The highest BCUT2D eigenvalue weighted by atomic mass is 16.5. The lowest BCUT2D eigenvalue weighted by molar-refractivity contribution is -0.149. The van der Waals surface area contributed by atoms with E-state index in [9.17, 15) is 9.90 Å². The molecule has 0 unspecified atom stereocenters. The minimum atomic E-state index is -0.646. The van der Waals surface area contributed by atoms with Gasteiger partial charge in [0, 0.05) is 26.2 Å². The summed E-state index contributed by atoms with van der Waals surface area (Å²) in [5.41, 5.74) is 0.533. The van der Waals surface area contributed by atoms with Crippen molar-refractivity contribution >= 4 is 5.91 Å². The molecule has 5 nitrogen and oxygen atoms in total. The molecule has 142 valence electrons. The summed E-state index contributed by atoms with van der Waals surface area (Å²) in [5, 5.41) is 13.5. The van der Waals surface area contributed by atoms with Gasteiger partial charge in [0.05, 0.1) is 11.5 Å². The summed E-state index contributed by atoms with van der Waals surface area (Å²) in [5.74, 6) is 1.64. The average Bonchev–Trinajstić information content (AvgIpc) is 2.69. The number of nitrogens with one attached hydrogen (secondary N) is 1. The maximum absolute atomic E-state index is 12.5. The number of hydrogen-bond donors (Lipinski definition) is 2. The van der Waals surface area contributed by atoms with Gasteiger partial charge in [0.15, 0.2) is 0 Å². The van der Waals surface area contributed by atoms with Crippen LogP contribution < -0.4 is 10.1 Å². The van der Waals surface area contributed by atoms with Crippen LogP contribution in [0.25, 0.3) is 0 Å². The molecule has 1 spiro atoms. The third-order valence-corrected chi connectivity index (χ3v) is 5.71. The molecule has 2 saturated heterocycles. The molecule has 2 aromatic rings. The van der Waals surface area contributed by atoms with E-state index in [0.29, 0.717) is 13.0 Å². The highest BCUT2D eigenvalue weighted by Crippen LogP contribution is 2.37. The van der Waals surface area contributed by atoms with Crippen molar-refractivity contribution in [2.45, 2.75) is 31.9 Å². The summed E-state index contributed by atoms with van der Waals surface area (Å²) in [6, 6.07) is 17.8. The zero-order valence-electron chi connectivity index (χ0n) is 15.4. The van der Waals surface area contributed by atoms with Crippen LogP contribution in [-0.4, -0.2) is 41.7 Å². The topological polar surface area (TPSA) is 61.8 Å². The van der Waals surface area contributed by atoms with Crippen LogP contribution in [0.4, 0.5) is 0 Å². The van der Waals surface area contributed by atoms with E-state index in [1.807, 2.05) is 42.5 Å². The molecule has 0 aliphatic carbocycles. The third kappa shape index (κ3) is 3.84. The lowest BCUT2D eigenvalue weighted by atomic mass is 9.71. The molecule has 2 aliphatic heterocycles. The van der Waals surface area contributed by atoms with E-state index in [1.54, 1.807) is 0 Å². The van der Waals surface area contributed by atoms with Crippen molar-refractivity contribution in [3.05, 3.63) is 60.2 Å². The van der Waals surface area contributed by atoms with E-state index >= 15 is 0 Å². The number of hydrogen-bond acceptors (Lipinski definition) is 4. The Morgan fingerprint density at radius 1 is 1.11 bits per heavy atom. The van der Waals surface area contributed by atoms with Crippen LogP contribution in [0.5, 0.6) is 11.5 Å². The van der Waals surface area contributed by atoms with Crippen molar-refractivity contribution < 1.29 is 14.6 Å². The zero-order chi connectivity index (χ0) is 18.7. The number of carbonyl (C=O) groups is 1. The lowest BCUT2D eigenvalue weighted by Crippen LogP contribution is -2.61. The van der Waals surface area contributed by atoms with Crippen molar-refractivity contribution in [3.63, 3.8) is 0 Å². The second-order valence-corrected chi connectivity index (χ2v) is 7.59. The Bertz CT molecular complexity index is 778. The van der Waals surface area contributed by atoms with Crippen LogP contribution >= 0.6 is 0 Å². The number of likely N-dealkylation sites (tertiary alicyclic amines) is 1. The highest BCUT2D eigenvalue weighted by molar-refractivity contribution is 5.84. The average molecular weight is 366 g/mol. The van der Waals surface area contributed by atoms with Crippen LogP contribution in [0.3, 0.4) is 0 Å². The Morgan fingerprint density at radius 2 is 1.85 bits per heavy atom. The summed E-state index contributed by atoms with van der Waals surface area (Å²) in [6.45, 7) is 2.91. The van der Waals surface area contributed by atoms with E-state index in [2.05, 4.69) is 22.3 Å². The molecule has 0 radical (unpaired) electrons. The molecular formula is C22H26N2O3. The third-order valence-electron chi connectivity index (χ3n) is 5.71. The Hall–Kier alpha value is -2.37. The van der Waals surface area contributed by atoms with Crippen molar-refractivity contribution in [3.8, 4) is 11.5 Å². The van der Waals surface area contributed by atoms with Crippen LogP contribution in [0, 0.1) is 5.41 Å². The molecule has 2 N–H and O–H groups in total. The molecule has 2 heterocycles. The SMILES string of the molecule is O=C1NCCC[C@]12CN(Cc1ccc(Oc3ccccc3)cc1)CC[C@@H]2O. The summed E-state index contributed by atoms with van der Waals surface area (Å²) in [4.78, 5) is 14.8. The van der Waals surface area contributed by atoms with E-state index in [0.717, 1.165) is 44.0 Å². The summed E-state index contributed by atoms with van der Waals surface area (Å²) in [7, 11) is 0. The number of piperidine rings is 2. The van der Waals surface area contributed by atoms with Gasteiger partial charge in [0.1, 0.15) is 11.5 Å².